The van der Waals surface area contributed by atoms with Crippen molar-refractivity contribution >= 4 is 58.4 Å². The number of aromatic carboxylic acids is 1. The molecule has 296 valence electrons. The van der Waals surface area contributed by atoms with E-state index in [4.69, 9.17) is 23.9 Å². The molecule has 8 rings (SSSR count). The Balaban J connectivity index is 0.846. The van der Waals surface area contributed by atoms with Gasteiger partial charge < -0.3 is 39.2 Å². The van der Waals surface area contributed by atoms with Crippen molar-refractivity contribution in [3.63, 3.8) is 0 Å². The molecular formula is C45H43N5O8. The Morgan fingerprint density at radius 3 is 1.59 bits per heavy atom. The topological polar surface area (TPSA) is 152 Å². The summed E-state index contributed by atoms with van der Waals surface area (Å²) in [4.78, 5) is 51.5. The van der Waals surface area contributed by atoms with E-state index in [-0.39, 0.29) is 29.5 Å². The van der Waals surface area contributed by atoms with E-state index in [9.17, 15) is 19.5 Å². The summed E-state index contributed by atoms with van der Waals surface area (Å²) >= 11 is 0. The maximum absolute atomic E-state index is 13.7. The average molecular weight is 782 g/mol. The van der Waals surface area contributed by atoms with Crippen molar-refractivity contribution in [1.29, 1.82) is 0 Å². The van der Waals surface area contributed by atoms with Crippen LogP contribution in [0.15, 0.2) is 95.2 Å². The van der Waals surface area contributed by atoms with Crippen molar-refractivity contribution in [2.45, 2.75) is 44.2 Å². The maximum Gasteiger partial charge on any atom is 0.335 e. The SMILES string of the molecule is CNc1ccc(C2=CN3C(=O)c4cc(OC)c(OCCCCCOc5cc6c(cc5OC)C(=O)N5C=C(c7ccc(C(=O)O)cc7)C[C@H]5C=N6)cc4N=C[C@@H]3C2)cc1. The second-order valence-corrected chi connectivity index (χ2v) is 14.3. The predicted octanol–water partition coefficient (Wildman–Crippen LogP) is 8.01. The lowest BCUT2D eigenvalue weighted by Crippen LogP contribution is -2.32. The number of carboxylic acids is 1. The van der Waals surface area contributed by atoms with E-state index in [1.54, 1.807) is 71.7 Å². The number of aliphatic imine (C=N–C) groups is 2. The highest BCUT2D eigenvalue weighted by Gasteiger charge is 2.35. The zero-order valence-corrected chi connectivity index (χ0v) is 32.4. The van der Waals surface area contributed by atoms with Crippen molar-refractivity contribution in [2.75, 3.05) is 39.8 Å². The van der Waals surface area contributed by atoms with Crippen LogP contribution in [0.5, 0.6) is 23.0 Å². The molecular weight excluding hydrogens is 739 g/mol. The van der Waals surface area contributed by atoms with E-state index in [1.807, 2.05) is 37.8 Å². The van der Waals surface area contributed by atoms with Gasteiger partial charge >= 0.3 is 5.97 Å². The molecule has 0 fully saturated rings. The van der Waals surface area contributed by atoms with Crippen LogP contribution >= 0.6 is 0 Å². The standard InChI is InChI=1S/C45H43N5O8/c1-46-32-13-11-28(12-14-32)31-18-34-24-48-38-22-42(40(56-3)20-36(38)44(52)50(34)26-31)58-16-6-4-5-15-57-41-21-37-35(19-39(41)55-2)43(51)49-25-30(17-33(49)23-47-37)27-7-9-29(10-8-27)45(53)54/h7-14,19-26,33-34,46H,4-6,15-18H2,1-3H3,(H,53,54)/t33-,34-/m0/s1. The Morgan fingerprint density at radius 2 is 1.16 bits per heavy atom. The Hall–Kier alpha value is -6.89. The fourth-order valence-electron chi connectivity index (χ4n) is 7.57. The summed E-state index contributed by atoms with van der Waals surface area (Å²) in [5.41, 5.74) is 7.07. The highest BCUT2D eigenvalue weighted by molar-refractivity contribution is 6.06. The number of amides is 2. The number of methoxy groups -OCH3 is 2. The maximum atomic E-state index is 13.7. The first kappa shape index (κ1) is 38.0. The van der Waals surface area contributed by atoms with E-state index in [1.165, 1.54) is 7.11 Å². The van der Waals surface area contributed by atoms with Crippen LogP contribution in [0.2, 0.25) is 0 Å². The van der Waals surface area contributed by atoms with Gasteiger partial charge in [-0.3, -0.25) is 19.6 Å². The number of ether oxygens (including phenoxy) is 4. The minimum absolute atomic E-state index is 0.135. The van der Waals surface area contributed by atoms with E-state index in [2.05, 4.69) is 22.4 Å². The van der Waals surface area contributed by atoms with Crippen LogP contribution < -0.4 is 24.3 Å². The summed E-state index contributed by atoms with van der Waals surface area (Å²) < 4.78 is 23.5. The van der Waals surface area contributed by atoms with E-state index < -0.39 is 5.97 Å². The molecule has 0 spiro atoms. The number of rotatable bonds is 14. The van der Waals surface area contributed by atoms with Crippen LogP contribution in [0.4, 0.5) is 17.1 Å². The largest absolute Gasteiger partial charge is 0.493 e. The van der Waals surface area contributed by atoms with Crippen LogP contribution in [0, 0.1) is 0 Å². The van der Waals surface area contributed by atoms with Crippen molar-refractivity contribution < 1.29 is 38.4 Å². The molecule has 0 saturated carbocycles. The Labute approximate surface area is 335 Å². The summed E-state index contributed by atoms with van der Waals surface area (Å²) in [5, 5.41) is 12.4. The predicted molar refractivity (Wildman–Crippen MR) is 222 cm³/mol. The molecule has 0 saturated heterocycles. The number of nitrogens with zero attached hydrogens (tertiary/aromatic N) is 4. The molecule has 4 aliphatic heterocycles. The lowest BCUT2D eigenvalue weighted by molar-refractivity contribution is 0.0695. The molecule has 4 aromatic carbocycles. The van der Waals surface area contributed by atoms with Gasteiger partial charge in [0.05, 0.1) is 67.6 Å². The molecule has 2 atom stereocenters. The number of fused-ring (bicyclic) bond motifs is 4. The first-order chi connectivity index (χ1) is 28.2. The highest BCUT2D eigenvalue weighted by atomic mass is 16.5. The van der Waals surface area contributed by atoms with Crippen molar-refractivity contribution in [2.24, 2.45) is 9.98 Å². The Kier molecular flexibility index (Phi) is 10.7. The Bertz CT molecular complexity index is 2390. The fraction of sp³-hybridized carbons (Fsp3) is 0.267. The molecule has 4 heterocycles. The second-order valence-electron chi connectivity index (χ2n) is 14.3. The van der Waals surface area contributed by atoms with Gasteiger partial charge in [-0.1, -0.05) is 24.3 Å². The monoisotopic (exact) mass is 781 g/mol. The van der Waals surface area contributed by atoms with E-state index >= 15 is 0 Å². The number of carbonyl (C=O) groups is 3. The number of carboxylic acid groups (broad SMARTS) is 1. The van der Waals surface area contributed by atoms with Crippen LogP contribution in [0.3, 0.4) is 0 Å². The normalized spacial score (nSPS) is 17.6. The van der Waals surface area contributed by atoms with Gasteiger partial charge in [-0.25, -0.2) is 4.79 Å². The van der Waals surface area contributed by atoms with Gasteiger partial charge in [-0.2, -0.15) is 0 Å². The molecule has 58 heavy (non-hydrogen) atoms. The van der Waals surface area contributed by atoms with Gasteiger partial charge in [0, 0.05) is 62.5 Å². The number of unbranched alkanes of at least 4 members (excludes halogenated alkanes) is 2. The average Bonchev–Trinajstić information content (AvgIpc) is 3.83. The van der Waals surface area contributed by atoms with E-state index in [0.717, 1.165) is 47.2 Å². The second kappa shape index (κ2) is 16.3. The van der Waals surface area contributed by atoms with Crippen molar-refractivity contribution in [3.8, 4) is 23.0 Å². The molecule has 0 aliphatic carbocycles. The van der Waals surface area contributed by atoms with Crippen LogP contribution in [0.1, 0.15) is 74.3 Å². The lowest BCUT2D eigenvalue weighted by Gasteiger charge is -2.19. The minimum atomic E-state index is -0.987. The highest BCUT2D eigenvalue weighted by Crippen LogP contribution is 2.42. The van der Waals surface area contributed by atoms with E-state index in [0.29, 0.717) is 71.6 Å². The third-order valence-electron chi connectivity index (χ3n) is 10.8. The van der Waals surface area contributed by atoms with Gasteiger partial charge in [-0.15, -0.1) is 0 Å². The number of hydrogen-bond donors (Lipinski definition) is 2. The third kappa shape index (κ3) is 7.50. The van der Waals surface area contributed by atoms with Gasteiger partial charge in [0.2, 0.25) is 0 Å². The number of carbonyl (C=O) groups excluding carboxylic acids is 2. The minimum Gasteiger partial charge on any atom is -0.493 e. The molecule has 2 N–H and O–H groups in total. The summed E-state index contributed by atoms with van der Waals surface area (Å²) in [6.45, 7) is 0.850. The summed E-state index contributed by atoms with van der Waals surface area (Å²) in [6.07, 6.45) is 10.9. The molecule has 0 aromatic heterocycles. The number of benzene rings is 4. The molecule has 0 radical (unpaired) electrons. The van der Waals surface area contributed by atoms with Crippen LogP contribution in [-0.4, -0.2) is 91.7 Å². The fourth-order valence-corrected chi connectivity index (χ4v) is 7.57. The van der Waals surface area contributed by atoms with Crippen LogP contribution in [0.25, 0.3) is 11.1 Å². The smallest absolute Gasteiger partial charge is 0.335 e. The van der Waals surface area contributed by atoms with Gasteiger partial charge in [0.15, 0.2) is 23.0 Å². The zero-order chi connectivity index (χ0) is 40.3. The third-order valence-corrected chi connectivity index (χ3v) is 10.8. The molecule has 0 unspecified atom stereocenters. The lowest BCUT2D eigenvalue weighted by atomic mass is 10.0. The molecule has 13 nitrogen and oxygen atoms in total. The Morgan fingerprint density at radius 1 is 0.690 bits per heavy atom. The number of nitrogens with one attached hydrogen (secondary N) is 1. The summed E-state index contributed by atoms with van der Waals surface area (Å²) in [6, 6.07) is 21.2. The number of hydrogen-bond acceptors (Lipinski definition) is 10. The quantitative estimate of drug-likeness (QED) is 0.121. The molecule has 4 aliphatic rings. The molecule has 0 bridgehead atoms. The molecule has 2 amide bonds. The zero-order valence-electron chi connectivity index (χ0n) is 32.4. The first-order valence-corrected chi connectivity index (χ1v) is 19.2. The summed E-state index contributed by atoms with van der Waals surface area (Å²) in [7, 11) is 4.98. The van der Waals surface area contributed by atoms with Crippen molar-refractivity contribution in [3.05, 3.63) is 113 Å². The van der Waals surface area contributed by atoms with Gasteiger partial charge in [-0.05, 0) is 77.9 Å². The molecule has 13 heteroatoms. The van der Waals surface area contributed by atoms with Gasteiger partial charge in [0.25, 0.3) is 11.8 Å². The molecule has 4 aromatic rings. The summed E-state index contributed by atoms with van der Waals surface area (Å²) in [5.74, 6) is 0.599. The van der Waals surface area contributed by atoms with Crippen LogP contribution in [-0.2, 0) is 0 Å². The van der Waals surface area contributed by atoms with Crippen molar-refractivity contribution in [1.82, 2.24) is 9.80 Å². The number of anilines is 1. The van der Waals surface area contributed by atoms with Gasteiger partial charge in [0.1, 0.15) is 0 Å². The first-order valence-electron chi connectivity index (χ1n) is 19.2.